The van der Waals surface area contributed by atoms with E-state index in [-0.39, 0.29) is 26.7 Å². The first-order chi connectivity index (χ1) is 16.6. The Bertz CT molecular complexity index is 1360. The Labute approximate surface area is 206 Å². The molecule has 3 aromatic rings. The van der Waals surface area contributed by atoms with E-state index in [1.54, 1.807) is 25.1 Å². The normalized spacial score (nSPS) is 11.7. The highest BCUT2D eigenvalue weighted by Crippen LogP contribution is 2.25. The Morgan fingerprint density at radius 1 is 1.14 bits per heavy atom. The Morgan fingerprint density at radius 2 is 1.83 bits per heavy atom. The van der Waals surface area contributed by atoms with Crippen LogP contribution in [0.25, 0.3) is 0 Å². The molecule has 0 aromatic heterocycles. The highest BCUT2D eigenvalue weighted by atomic mass is 35.5. The number of nitrogens with zero attached hydrogens (tertiary/aromatic N) is 3. The third-order valence-corrected chi connectivity index (χ3v) is 7.06. The van der Waals surface area contributed by atoms with E-state index in [4.69, 9.17) is 11.6 Å². The van der Waals surface area contributed by atoms with Crippen molar-refractivity contribution in [2.45, 2.75) is 18.4 Å². The number of halogens is 2. The van der Waals surface area contributed by atoms with E-state index in [0.717, 1.165) is 22.1 Å². The standard InChI is InChI=1S/C23H20ClFN4O5S/c1-16-9-11-18(12-10-16)35(33,34)28(14-19-20(24)6-4-7-21(19)25)15-23(30)27-26-13-17-5-2-3-8-22(17)29(31)32/h2-13H,14-15H2,1H3,(H,27,30)/b26-13-. The van der Waals surface area contributed by atoms with Crippen LogP contribution in [0.2, 0.25) is 5.02 Å². The summed E-state index contributed by atoms with van der Waals surface area (Å²) in [6.45, 7) is 0.563. The van der Waals surface area contributed by atoms with Crippen molar-refractivity contribution in [3.05, 3.63) is 104 Å². The molecule has 182 valence electrons. The number of benzene rings is 3. The number of para-hydroxylation sites is 1. The fourth-order valence-electron chi connectivity index (χ4n) is 3.08. The summed E-state index contributed by atoms with van der Waals surface area (Å²) in [6.07, 6.45) is 1.07. The van der Waals surface area contributed by atoms with Gasteiger partial charge in [-0.15, -0.1) is 0 Å². The zero-order valence-electron chi connectivity index (χ0n) is 18.4. The van der Waals surface area contributed by atoms with E-state index >= 15 is 0 Å². The highest BCUT2D eigenvalue weighted by molar-refractivity contribution is 7.89. The molecule has 0 saturated heterocycles. The van der Waals surface area contributed by atoms with Crippen molar-refractivity contribution in [2.75, 3.05) is 6.54 Å². The fraction of sp³-hybridized carbons (Fsp3) is 0.130. The molecule has 9 nitrogen and oxygen atoms in total. The van der Waals surface area contributed by atoms with Crippen molar-refractivity contribution < 1.29 is 22.5 Å². The first-order valence-corrected chi connectivity index (χ1v) is 12.0. The molecule has 1 amide bonds. The molecule has 0 spiro atoms. The summed E-state index contributed by atoms with van der Waals surface area (Å²) < 4.78 is 41.8. The Kier molecular flexibility index (Phi) is 8.28. The maximum Gasteiger partial charge on any atom is 0.278 e. The van der Waals surface area contributed by atoms with Crippen molar-refractivity contribution in [2.24, 2.45) is 5.10 Å². The average molecular weight is 519 g/mol. The number of hydrogen-bond acceptors (Lipinski definition) is 6. The lowest BCUT2D eigenvalue weighted by Crippen LogP contribution is -2.39. The largest absolute Gasteiger partial charge is 0.278 e. The van der Waals surface area contributed by atoms with Crippen LogP contribution in [0.5, 0.6) is 0 Å². The smallest absolute Gasteiger partial charge is 0.272 e. The Hall–Kier alpha value is -3.67. The second kappa shape index (κ2) is 11.2. The summed E-state index contributed by atoms with van der Waals surface area (Å²) in [5.41, 5.74) is 2.80. The van der Waals surface area contributed by atoms with Crippen molar-refractivity contribution in [1.82, 2.24) is 9.73 Å². The molecule has 0 atom stereocenters. The molecule has 0 radical (unpaired) electrons. The van der Waals surface area contributed by atoms with Crippen LogP contribution in [0, 0.1) is 22.9 Å². The van der Waals surface area contributed by atoms with Gasteiger partial charge in [0.2, 0.25) is 10.0 Å². The number of sulfonamides is 1. The molecular formula is C23H20ClFN4O5S. The molecule has 0 heterocycles. The zero-order chi connectivity index (χ0) is 25.6. The summed E-state index contributed by atoms with van der Waals surface area (Å²) in [5, 5.41) is 14.8. The third-order valence-electron chi connectivity index (χ3n) is 4.90. The molecule has 0 fully saturated rings. The molecule has 1 N–H and O–H groups in total. The topological polar surface area (TPSA) is 122 Å². The van der Waals surface area contributed by atoms with E-state index in [2.05, 4.69) is 10.5 Å². The number of amides is 1. The van der Waals surface area contributed by atoms with Gasteiger partial charge in [-0.1, -0.05) is 47.5 Å². The van der Waals surface area contributed by atoms with Crippen molar-refractivity contribution in [1.29, 1.82) is 0 Å². The predicted molar refractivity (Wildman–Crippen MR) is 129 cm³/mol. The molecular weight excluding hydrogens is 499 g/mol. The third kappa shape index (κ3) is 6.47. The molecule has 0 aliphatic heterocycles. The highest BCUT2D eigenvalue weighted by Gasteiger charge is 2.28. The van der Waals surface area contributed by atoms with Gasteiger partial charge < -0.3 is 0 Å². The summed E-state index contributed by atoms with van der Waals surface area (Å²) in [4.78, 5) is 23.0. The lowest BCUT2D eigenvalue weighted by Gasteiger charge is -2.22. The molecule has 0 bridgehead atoms. The van der Waals surface area contributed by atoms with Crippen LogP contribution in [0.3, 0.4) is 0 Å². The molecule has 3 rings (SSSR count). The quantitative estimate of drug-likeness (QED) is 0.260. The van der Waals surface area contributed by atoms with Crippen LogP contribution >= 0.6 is 11.6 Å². The van der Waals surface area contributed by atoms with E-state index in [1.807, 2.05) is 0 Å². The van der Waals surface area contributed by atoms with Crippen molar-refractivity contribution in [3.8, 4) is 0 Å². The number of carbonyl (C=O) groups is 1. The number of rotatable bonds is 9. The van der Waals surface area contributed by atoms with E-state index in [1.165, 1.54) is 42.5 Å². The molecule has 0 unspecified atom stereocenters. The number of hydrogen-bond donors (Lipinski definition) is 1. The monoisotopic (exact) mass is 518 g/mol. The van der Waals surface area contributed by atoms with E-state index in [9.17, 15) is 27.7 Å². The Balaban J connectivity index is 1.86. The number of carbonyl (C=O) groups excluding carboxylic acids is 1. The van der Waals surface area contributed by atoms with Gasteiger partial charge in [0, 0.05) is 23.2 Å². The average Bonchev–Trinajstić information content (AvgIpc) is 2.81. The zero-order valence-corrected chi connectivity index (χ0v) is 20.0. The first-order valence-electron chi connectivity index (χ1n) is 10.1. The van der Waals surface area contributed by atoms with Gasteiger partial charge in [0.1, 0.15) is 5.82 Å². The van der Waals surface area contributed by atoms with Crippen LogP contribution in [0.1, 0.15) is 16.7 Å². The summed E-state index contributed by atoms with van der Waals surface area (Å²) in [5.74, 6) is -1.57. The molecule has 12 heteroatoms. The molecule has 3 aromatic carbocycles. The minimum atomic E-state index is -4.23. The molecule has 0 aliphatic carbocycles. The predicted octanol–water partition coefficient (Wildman–Crippen LogP) is 4.04. The number of aryl methyl sites for hydroxylation is 1. The van der Waals surface area contributed by atoms with Crippen molar-refractivity contribution in [3.63, 3.8) is 0 Å². The van der Waals surface area contributed by atoms with Gasteiger partial charge in [-0.3, -0.25) is 14.9 Å². The maximum absolute atomic E-state index is 14.4. The second-order valence-electron chi connectivity index (χ2n) is 7.40. The lowest BCUT2D eigenvalue weighted by atomic mass is 10.2. The van der Waals surface area contributed by atoms with E-state index < -0.39 is 39.8 Å². The van der Waals surface area contributed by atoms with Gasteiger partial charge in [0.05, 0.1) is 28.1 Å². The summed E-state index contributed by atoms with van der Waals surface area (Å²) in [7, 11) is -4.23. The molecule has 0 saturated carbocycles. The summed E-state index contributed by atoms with van der Waals surface area (Å²) >= 11 is 6.08. The minimum Gasteiger partial charge on any atom is -0.272 e. The summed E-state index contributed by atoms with van der Waals surface area (Å²) in [6, 6.07) is 15.6. The van der Waals surface area contributed by atoms with Crippen LogP contribution in [0.4, 0.5) is 10.1 Å². The van der Waals surface area contributed by atoms with Crippen LogP contribution in [0.15, 0.2) is 76.7 Å². The van der Waals surface area contributed by atoms with E-state index in [0.29, 0.717) is 0 Å². The fourth-order valence-corrected chi connectivity index (χ4v) is 4.66. The van der Waals surface area contributed by atoms with Gasteiger partial charge >= 0.3 is 0 Å². The number of nitro benzene ring substituents is 1. The van der Waals surface area contributed by atoms with Crippen LogP contribution in [-0.4, -0.2) is 36.3 Å². The SMILES string of the molecule is Cc1ccc(S(=O)(=O)N(CC(=O)N/N=C\c2ccccc2[N+](=O)[O-])Cc2c(F)cccc2Cl)cc1. The minimum absolute atomic E-state index is 0.00363. The van der Waals surface area contributed by atoms with Gasteiger partial charge in [0.15, 0.2) is 0 Å². The van der Waals surface area contributed by atoms with Crippen molar-refractivity contribution >= 4 is 39.4 Å². The molecule has 35 heavy (non-hydrogen) atoms. The lowest BCUT2D eigenvalue weighted by molar-refractivity contribution is -0.385. The first kappa shape index (κ1) is 25.9. The number of nitro groups is 1. The maximum atomic E-state index is 14.4. The second-order valence-corrected chi connectivity index (χ2v) is 9.74. The molecule has 0 aliphatic rings. The van der Waals surface area contributed by atoms with Gasteiger partial charge in [0.25, 0.3) is 11.6 Å². The Morgan fingerprint density at radius 3 is 2.49 bits per heavy atom. The number of nitrogens with one attached hydrogen (secondary N) is 1. The van der Waals surface area contributed by atoms with Gasteiger partial charge in [-0.25, -0.2) is 18.2 Å². The van der Waals surface area contributed by atoms with Crippen LogP contribution in [-0.2, 0) is 21.4 Å². The van der Waals surface area contributed by atoms with Gasteiger partial charge in [-0.05, 0) is 37.3 Å². The number of hydrazone groups is 1. The van der Waals surface area contributed by atoms with Crippen LogP contribution < -0.4 is 5.43 Å². The van der Waals surface area contributed by atoms with Gasteiger partial charge in [-0.2, -0.15) is 9.41 Å².